The average Bonchev–Trinajstić information content (AvgIpc) is 3.14. The number of carbonyl (C=O) groups excluding carboxylic acids is 1. The number of esters is 1. The van der Waals surface area contributed by atoms with Crippen LogP contribution in [0, 0.1) is 12.7 Å². The smallest absolute Gasteiger partial charge is 0.340 e. The van der Waals surface area contributed by atoms with Crippen LogP contribution in [0.15, 0.2) is 48.5 Å². The molecule has 1 saturated heterocycles. The van der Waals surface area contributed by atoms with Gasteiger partial charge in [-0.05, 0) is 31.2 Å². The van der Waals surface area contributed by atoms with Crippen molar-refractivity contribution < 1.29 is 18.7 Å². The minimum atomic E-state index is -0.436. The number of hydrogen-bond donors (Lipinski definition) is 0. The van der Waals surface area contributed by atoms with Crippen molar-refractivity contribution in [3.05, 3.63) is 65.7 Å². The highest BCUT2D eigenvalue weighted by Gasteiger charge is 2.22. The molecule has 1 aliphatic rings. The normalized spacial score (nSPS) is 14.4. The van der Waals surface area contributed by atoms with Crippen molar-refractivity contribution in [3.63, 3.8) is 0 Å². The number of nitrogens with zero attached hydrogens (tertiary/aromatic N) is 3. The second-order valence-corrected chi connectivity index (χ2v) is 7.56. The van der Waals surface area contributed by atoms with E-state index in [1.807, 2.05) is 41.8 Å². The van der Waals surface area contributed by atoms with E-state index in [1.165, 1.54) is 13.2 Å². The van der Waals surface area contributed by atoms with Gasteiger partial charge < -0.3 is 14.4 Å². The summed E-state index contributed by atoms with van der Waals surface area (Å²) in [5.41, 5.74) is 3.47. The summed E-state index contributed by atoms with van der Waals surface area (Å²) in [6, 6.07) is 14.5. The zero-order valence-electron chi connectivity index (χ0n) is 17.4. The number of halogens is 1. The number of hydrogen-bond acceptors (Lipinski definition) is 5. The Morgan fingerprint density at radius 3 is 2.61 bits per heavy atom. The van der Waals surface area contributed by atoms with Crippen LogP contribution in [0.4, 0.5) is 10.1 Å². The van der Waals surface area contributed by atoms with Crippen LogP contribution in [0.5, 0.6) is 0 Å². The first kappa shape index (κ1) is 19.5. The van der Waals surface area contributed by atoms with Crippen LogP contribution in [0.2, 0.25) is 0 Å². The van der Waals surface area contributed by atoms with E-state index in [-0.39, 0.29) is 5.82 Å². The van der Waals surface area contributed by atoms with E-state index in [1.54, 1.807) is 12.1 Å². The third kappa shape index (κ3) is 3.21. The molecule has 0 bridgehead atoms. The maximum absolute atomic E-state index is 14.4. The Kier molecular flexibility index (Phi) is 4.82. The quantitative estimate of drug-likeness (QED) is 0.465. The summed E-state index contributed by atoms with van der Waals surface area (Å²) in [7, 11) is 1.37. The lowest BCUT2D eigenvalue weighted by Gasteiger charge is -2.29. The highest BCUT2D eigenvalue weighted by molar-refractivity contribution is 6.05. The summed E-state index contributed by atoms with van der Waals surface area (Å²) in [5.74, 6) is -0.00422. The van der Waals surface area contributed by atoms with E-state index in [0.29, 0.717) is 35.5 Å². The fraction of sp³-hybridized carbons (Fsp3) is 0.250. The zero-order chi connectivity index (χ0) is 21.5. The molecular formula is C24H22FN3O3. The van der Waals surface area contributed by atoms with Gasteiger partial charge in [0.05, 0.1) is 37.1 Å². The molecule has 3 aromatic carbocycles. The summed E-state index contributed by atoms with van der Waals surface area (Å²) in [6.07, 6.45) is 0. The lowest BCUT2D eigenvalue weighted by atomic mass is 10.1. The SMILES string of the molecule is COC(=O)c1cc(N2CCOCC2)cc2c1nc(C)n2-c1cccc2c(F)cccc12. The van der Waals surface area contributed by atoms with Gasteiger partial charge in [-0.15, -0.1) is 0 Å². The van der Waals surface area contributed by atoms with Crippen LogP contribution in [0.1, 0.15) is 16.2 Å². The van der Waals surface area contributed by atoms with Gasteiger partial charge in [-0.1, -0.05) is 24.3 Å². The average molecular weight is 419 g/mol. The van der Waals surface area contributed by atoms with Crippen molar-refractivity contribution in [2.75, 3.05) is 38.3 Å². The number of fused-ring (bicyclic) bond motifs is 2. The number of aryl methyl sites for hydroxylation is 1. The predicted molar refractivity (Wildman–Crippen MR) is 118 cm³/mol. The molecule has 0 atom stereocenters. The first-order valence-corrected chi connectivity index (χ1v) is 10.2. The number of carbonyl (C=O) groups is 1. The van der Waals surface area contributed by atoms with Gasteiger partial charge >= 0.3 is 5.97 Å². The number of anilines is 1. The molecule has 0 saturated carbocycles. The number of imidazole rings is 1. The largest absolute Gasteiger partial charge is 0.465 e. The number of aromatic nitrogens is 2. The molecule has 0 spiro atoms. The van der Waals surface area contributed by atoms with Crippen LogP contribution >= 0.6 is 0 Å². The number of morpholine rings is 1. The third-order valence-corrected chi connectivity index (χ3v) is 5.78. The zero-order valence-corrected chi connectivity index (χ0v) is 17.4. The van der Waals surface area contributed by atoms with Crippen LogP contribution in [-0.4, -0.2) is 48.9 Å². The second-order valence-electron chi connectivity index (χ2n) is 7.56. The Balaban J connectivity index is 1.81. The minimum absolute atomic E-state index is 0.273. The van der Waals surface area contributed by atoms with Crippen molar-refractivity contribution in [3.8, 4) is 5.69 Å². The topological polar surface area (TPSA) is 56.6 Å². The maximum Gasteiger partial charge on any atom is 0.340 e. The monoisotopic (exact) mass is 419 g/mol. The fourth-order valence-electron chi connectivity index (χ4n) is 4.30. The molecule has 4 aromatic rings. The molecule has 31 heavy (non-hydrogen) atoms. The standard InChI is InChI=1S/C24H22FN3O3/c1-15-26-23-19(24(29)30-2)13-16(27-9-11-31-12-10-27)14-22(23)28(15)21-8-4-5-17-18(21)6-3-7-20(17)25/h3-8,13-14H,9-12H2,1-2H3. The van der Waals surface area contributed by atoms with Crippen molar-refractivity contribution in [1.82, 2.24) is 9.55 Å². The number of benzene rings is 3. The van der Waals surface area contributed by atoms with Crippen LogP contribution in [0.25, 0.3) is 27.5 Å². The molecule has 6 nitrogen and oxygen atoms in total. The second kappa shape index (κ2) is 7.67. The Hall–Kier alpha value is -3.45. The van der Waals surface area contributed by atoms with E-state index in [9.17, 15) is 9.18 Å². The molecule has 0 aliphatic carbocycles. The first-order valence-electron chi connectivity index (χ1n) is 10.2. The molecule has 1 aliphatic heterocycles. The van der Waals surface area contributed by atoms with Crippen molar-refractivity contribution in [2.24, 2.45) is 0 Å². The summed E-state index contributed by atoms with van der Waals surface area (Å²) in [6.45, 7) is 4.62. The van der Waals surface area contributed by atoms with E-state index in [0.717, 1.165) is 35.4 Å². The number of rotatable bonds is 3. The van der Waals surface area contributed by atoms with Crippen LogP contribution in [0.3, 0.4) is 0 Å². The Morgan fingerprint density at radius 2 is 1.84 bits per heavy atom. The molecule has 0 radical (unpaired) electrons. The van der Waals surface area contributed by atoms with Crippen LogP contribution in [-0.2, 0) is 9.47 Å². The minimum Gasteiger partial charge on any atom is -0.465 e. The molecular weight excluding hydrogens is 397 g/mol. The first-order chi connectivity index (χ1) is 15.1. The van der Waals surface area contributed by atoms with Gasteiger partial charge in [0.1, 0.15) is 17.2 Å². The molecule has 0 N–H and O–H groups in total. The van der Waals surface area contributed by atoms with E-state index >= 15 is 0 Å². The van der Waals surface area contributed by atoms with Gasteiger partial charge in [0, 0.05) is 29.5 Å². The molecule has 7 heteroatoms. The summed E-state index contributed by atoms with van der Waals surface area (Å²) < 4.78 is 26.9. The number of ether oxygens (including phenoxy) is 2. The Labute approximate surface area is 178 Å². The molecule has 1 fully saturated rings. The molecule has 0 amide bonds. The lowest BCUT2D eigenvalue weighted by molar-refractivity contribution is 0.0603. The van der Waals surface area contributed by atoms with Gasteiger partial charge in [0.15, 0.2) is 0 Å². The fourth-order valence-corrected chi connectivity index (χ4v) is 4.30. The summed E-state index contributed by atoms with van der Waals surface area (Å²) in [5, 5.41) is 1.32. The predicted octanol–water partition coefficient (Wildman–Crippen LogP) is 4.25. The Morgan fingerprint density at radius 1 is 1.10 bits per heavy atom. The summed E-state index contributed by atoms with van der Waals surface area (Å²) in [4.78, 5) is 19.5. The summed E-state index contributed by atoms with van der Waals surface area (Å²) >= 11 is 0. The van der Waals surface area contributed by atoms with Gasteiger partial charge in [0.2, 0.25) is 0 Å². The van der Waals surface area contributed by atoms with E-state index in [4.69, 9.17) is 14.5 Å². The third-order valence-electron chi connectivity index (χ3n) is 5.78. The van der Waals surface area contributed by atoms with Gasteiger partial charge in [0.25, 0.3) is 0 Å². The van der Waals surface area contributed by atoms with Gasteiger partial charge in [-0.2, -0.15) is 0 Å². The van der Waals surface area contributed by atoms with Gasteiger partial charge in [-0.25, -0.2) is 14.2 Å². The molecule has 1 aromatic heterocycles. The highest BCUT2D eigenvalue weighted by atomic mass is 19.1. The lowest BCUT2D eigenvalue weighted by Crippen LogP contribution is -2.36. The number of methoxy groups -OCH3 is 1. The van der Waals surface area contributed by atoms with Crippen molar-refractivity contribution in [2.45, 2.75) is 6.92 Å². The van der Waals surface area contributed by atoms with E-state index < -0.39 is 5.97 Å². The van der Waals surface area contributed by atoms with Crippen molar-refractivity contribution in [1.29, 1.82) is 0 Å². The van der Waals surface area contributed by atoms with Crippen molar-refractivity contribution >= 4 is 33.5 Å². The molecule has 158 valence electrons. The molecule has 0 unspecified atom stereocenters. The van der Waals surface area contributed by atoms with Crippen LogP contribution < -0.4 is 4.90 Å². The molecule has 5 rings (SSSR count). The highest BCUT2D eigenvalue weighted by Crippen LogP contribution is 2.33. The Bertz CT molecular complexity index is 1310. The van der Waals surface area contributed by atoms with Gasteiger partial charge in [-0.3, -0.25) is 4.57 Å². The van der Waals surface area contributed by atoms with E-state index in [2.05, 4.69) is 4.90 Å². The molecule has 2 heterocycles. The maximum atomic E-state index is 14.4.